The van der Waals surface area contributed by atoms with Crippen LogP contribution in [-0.2, 0) is 4.57 Å². The molecule has 0 fully saturated rings. The van der Waals surface area contributed by atoms with E-state index in [9.17, 15) is 4.57 Å². The molecule has 4 heteroatoms. The van der Waals surface area contributed by atoms with Crippen LogP contribution in [0.1, 0.15) is 0 Å². The number of para-hydroxylation sites is 1. The van der Waals surface area contributed by atoms with Crippen molar-refractivity contribution >= 4 is 12.8 Å². The van der Waals surface area contributed by atoms with Crippen LogP contribution in [0.3, 0.4) is 0 Å². The van der Waals surface area contributed by atoms with Crippen LogP contribution in [0.15, 0.2) is 48.5 Å². The molecule has 1 heterocycles. The number of hydrogen-bond donors (Lipinski definition) is 1. The zero-order chi connectivity index (χ0) is 11.9. The Morgan fingerprint density at radius 2 is 1.65 bits per heavy atom. The van der Waals surface area contributed by atoms with Crippen molar-refractivity contribution in [3.05, 3.63) is 48.5 Å². The molecule has 0 amide bonds. The average molecular weight is 245 g/mol. The normalized spacial score (nSPS) is 21.2. The van der Waals surface area contributed by atoms with Crippen LogP contribution in [0, 0.1) is 0 Å². The molecule has 0 aromatic heterocycles. The second kappa shape index (κ2) is 3.73. The molecule has 3 nitrogen and oxygen atoms in total. The minimum absolute atomic E-state index is 0.670. The van der Waals surface area contributed by atoms with Gasteiger partial charge >= 0.3 is 7.52 Å². The van der Waals surface area contributed by atoms with Gasteiger partial charge in [-0.25, -0.2) is 5.09 Å². The molecule has 2 aromatic carbocycles. The Labute approximate surface area is 99.9 Å². The molecule has 3 rings (SSSR count). The summed E-state index contributed by atoms with van der Waals surface area (Å²) < 4.78 is 18.3. The standard InChI is InChI=1S/C13H12NO2P/c1-14-17(15)13-9-5-3-7-11(13)10-6-2-4-8-12(10)16-17/h2-9H,1H3,(H,14,15). The van der Waals surface area contributed by atoms with Gasteiger partial charge in [0.25, 0.3) is 0 Å². The topological polar surface area (TPSA) is 38.3 Å². The predicted molar refractivity (Wildman–Crippen MR) is 68.8 cm³/mol. The van der Waals surface area contributed by atoms with Crippen LogP contribution in [0.2, 0.25) is 0 Å². The summed E-state index contributed by atoms with van der Waals surface area (Å²) in [7, 11) is -1.31. The van der Waals surface area contributed by atoms with Gasteiger partial charge in [0.2, 0.25) is 0 Å². The Morgan fingerprint density at radius 3 is 2.41 bits per heavy atom. The van der Waals surface area contributed by atoms with Crippen LogP contribution >= 0.6 is 7.52 Å². The number of hydrogen-bond acceptors (Lipinski definition) is 2. The van der Waals surface area contributed by atoms with Gasteiger partial charge in [0.1, 0.15) is 5.75 Å². The summed E-state index contributed by atoms with van der Waals surface area (Å²) in [4.78, 5) is 0. The summed E-state index contributed by atoms with van der Waals surface area (Å²) in [6, 6.07) is 15.3. The molecule has 0 aliphatic carbocycles. The lowest BCUT2D eigenvalue weighted by molar-refractivity contribution is 0.482. The van der Waals surface area contributed by atoms with Gasteiger partial charge in [0.05, 0.1) is 5.30 Å². The van der Waals surface area contributed by atoms with Crippen LogP contribution in [0.25, 0.3) is 11.1 Å². The molecule has 0 bridgehead atoms. The van der Waals surface area contributed by atoms with Crippen LogP contribution in [0.5, 0.6) is 5.75 Å². The fourth-order valence-electron chi connectivity index (χ4n) is 2.08. The Morgan fingerprint density at radius 1 is 1.00 bits per heavy atom. The third kappa shape index (κ3) is 1.51. The van der Waals surface area contributed by atoms with Gasteiger partial charge in [-0.2, -0.15) is 0 Å². The third-order valence-corrected chi connectivity index (χ3v) is 4.99. The van der Waals surface area contributed by atoms with Crippen LogP contribution < -0.4 is 14.9 Å². The molecular formula is C13H12NO2P. The van der Waals surface area contributed by atoms with Gasteiger partial charge in [-0.3, -0.25) is 4.57 Å². The number of fused-ring (bicyclic) bond motifs is 3. The minimum Gasteiger partial charge on any atom is -0.429 e. The fourth-order valence-corrected chi connectivity index (χ4v) is 3.74. The summed E-state index contributed by atoms with van der Waals surface area (Å²) in [5.74, 6) is 0.670. The van der Waals surface area contributed by atoms with Gasteiger partial charge in [-0.15, -0.1) is 0 Å². The SMILES string of the molecule is CNP1(=O)Oc2ccccc2-c2ccccc21. The van der Waals surface area contributed by atoms with Crippen LogP contribution in [-0.4, -0.2) is 7.05 Å². The Kier molecular flexibility index (Phi) is 2.32. The van der Waals surface area contributed by atoms with E-state index in [1.165, 1.54) is 0 Å². The van der Waals surface area contributed by atoms with Crippen molar-refractivity contribution in [1.82, 2.24) is 5.09 Å². The van der Waals surface area contributed by atoms with E-state index in [1.54, 1.807) is 7.05 Å². The van der Waals surface area contributed by atoms with E-state index in [2.05, 4.69) is 5.09 Å². The van der Waals surface area contributed by atoms with Crippen molar-refractivity contribution < 1.29 is 9.09 Å². The summed E-state index contributed by atoms with van der Waals surface area (Å²) in [6.07, 6.45) is 0. The molecule has 0 radical (unpaired) electrons. The Bertz CT molecular complexity index is 624. The lowest BCUT2D eigenvalue weighted by Crippen LogP contribution is -2.25. The maximum absolute atomic E-state index is 12.7. The molecule has 0 saturated heterocycles. The van der Waals surface area contributed by atoms with Gasteiger partial charge < -0.3 is 4.52 Å². The quantitative estimate of drug-likeness (QED) is 0.785. The van der Waals surface area contributed by atoms with Crippen LogP contribution in [0.4, 0.5) is 0 Å². The largest absolute Gasteiger partial charge is 0.429 e. The second-order valence-electron chi connectivity index (χ2n) is 3.88. The van der Waals surface area contributed by atoms with Gasteiger partial charge in [-0.1, -0.05) is 36.4 Å². The first-order valence-corrected chi connectivity index (χ1v) is 7.05. The van der Waals surface area contributed by atoms with Crippen molar-refractivity contribution in [2.75, 3.05) is 7.05 Å². The summed E-state index contributed by atoms with van der Waals surface area (Å²) in [5.41, 5.74) is 1.97. The predicted octanol–water partition coefficient (Wildman–Crippen LogP) is 2.78. The summed E-state index contributed by atoms with van der Waals surface area (Å²) in [5, 5.41) is 3.55. The van der Waals surface area contributed by atoms with Crippen molar-refractivity contribution in [3.8, 4) is 16.9 Å². The summed E-state index contributed by atoms with van der Waals surface area (Å²) >= 11 is 0. The monoisotopic (exact) mass is 245 g/mol. The number of nitrogens with one attached hydrogen (secondary N) is 1. The molecule has 1 aliphatic rings. The second-order valence-corrected chi connectivity index (χ2v) is 6.09. The van der Waals surface area contributed by atoms with E-state index < -0.39 is 7.52 Å². The smallest absolute Gasteiger partial charge is 0.347 e. The molecule has 1 N–H and O–H groups in total. The van der Waals surface area contributed by atoms with E-state index in [0.717, 1.165) is 16.4 Å². The summed E-state index contributed by atoms with van der Waals surface area (Å²) in [6.45, 7) is 0. The highest BCUT2D eigenvalue weighted by Crippen LogP contribution is 2.51. The van der Waals surface area contributed by atoms with Gasteiger partial charge in [0.15, 0.2) is 0 Å². The van der Waals surface area contributed by atoms with E-state index in [4.69, 9.17) is 4.52 Å². The van der Waals surface area contributed by atoms with Crippen molar-refractivity contribution in [2.24, 2.45) is 0 Å². The fraction of sp³-hybridized carbons (Fsp3) is 0.0769. The Hall–Kier alpha value is -1.57. The van der Waals surface area contributed by atoms with Crippen molar-refractivity contribution in [1.29, 1.82) is 0 Å². The maximum atomic E-state index is 12.7. The molecular weight excluding hydrogens is 233 g/mol. The third-order valence-electron chi connectivity index (χ3n) is 2.92. The highest BCUT2D eigenvalue weighted by Gasteiger charge is 2.34. The molecule has 86 valence electrons. The first-order valence-electron chi connectivity index (χ1n) is 5.42. The molecule has 1 atom stereocenters. The zero-order valence-corrected chi connectivity index (χ0v) is 10.3. The maximum Gasteiger partial charge on any atom is 0.347 e. The lowest BCUT2D eigenvalue weighted by atomic mass is 10.0. The molecule has 2 aromatic rings. The molecule has 0 saturated carbocycles. The molecule has 1 aliphatic heterocycles. The minimum atomic E-state index is -2.97. The van der Waals surface area contributed by atoms with E-state index in [-0.39, 0.29) is 0 Å². The molecule has 17 heavy (non-hydrogen) atoms. The Balaban J connectivity index is 2.34. The van der Waals surface area contributed by atoms with Gasteiger partial charge in [-0.05, 0) is 19.2 Å². The van der Waals surface area contributed by atoms with Crippen molar-refractivity contribution in [3.63, 3.8) is 0 Å². The molecule has 1 unspecified atom stereocenters. The van der Waals surface area contributed by atoms with E-state index in [1.807, 2.05) is 48.5 Å². The average Bonchev–Trinajstić information content (AvgIpc) is 2.39. The first-order chi connectivity index (χ1) is 8.24. The van der Waals surface area contributed by atoms with E-state index in [0.29, 0.717) is 5.75 Å². The highest BCUT2D eigenvalue weighted by molar-refractivity contribution is 7.65. The van der Waals surface area contributed by atoms with Crippen molar-refractivity contribution in [2.45, 2.75) is 0 Å². The number of rotatable bonds is 1. The highest BCUT2D eigenvalue weighted by atomic mass is 31.2. The van der Waals surface area contributed by atoms with E-state index >= 15 is 0 Å². The van der Waals surface area contributed by atoms with Gasteiger partial charge in [0, 0.05) is 11.1 Å². The lowest BCUT2D eigenvalue weighted by Gasteiger charge is -2.27. The zero-order valence-electron chi connectivity index (χ0n) is 9.38. The molecule has 0 spiro atoms. The first kappa shape index (κ1) is 10.6. The number of benzene rings is 2.